The van der Waals surface area contributed by atoms with Gasteiger partial charge in [-0.05, 0) is 42.3 Å². The van der Waals surface area contributed by atoms with Crippen LogP contribution in [0.25, 0.3) is 10.9 Å². The number of pyridine rings is 3. The lowest BCUT2D eigenvalue weighted by molar-refractivity contribution is 0.0949. The Kier molecular flexibility index (Phi) is 7.06. The van der Waals surface area contributed by atoms with Crippen LogP contribution in [0.4, 0.5) is 21.7 Å². The number of halogens is 1. The molecule has 4 aromatic rings. The predicted molar refractivity (Wildman–Crippen MR) is 157 cm³/mol. The summed E-state index contributed by atoms with van der Waals surface area (Å²) in [5, 5.41) is 3.68. The van der Waals surface area contributed by atoms with Crippen molar-refractivity contribution < 1.29 is 27.1 Å². The average molecular weight is 605 g/mol. The van der Waals surface area contributed by atoms with Crippen molar-refractivity contribution in [2.75, 3.05) is 48.4 Å². The minimum absolute atomic E-state index is 0.0202. The van der Waals surface area contributed by atoms with Gasteiger partial charge in [-0.15, -0.1) is 0 Å². The molecule has 3 aliphatic rings. The Morgan fingerprint density at radius 1 is 1.07 bits per heavy atom. The van der Waals surface area contributed by atoms with E-state index in [1.807, 2.05) is 34.1 Å². The Morgan fingerprint density at radius 2 is 1.95 bits per heavy atom. The van der Waals surface area contributed by atoms with Crippen molar-refractivity contribution in [2.45, 2.75) is 30.6 Å². The van der Waals surface area contributed by atoms with E-state index in [0.29, 0.717) is 73.4 Å². The van der Waals surface area contributed by atoms with Gasteiger partial charge in [0.25, 0.3) is 5.91 Å². The van der Waals surface area contributed by atoms with E-state index in [1.54, 1.807) is 24.5 Å². The molecule has 0 radical (unpaired) electrons. The van der Waals surface area contributed by atoms with E-state index < -0.39 is 21.9 Å². The number of rotatable bonds is 5. The molecule has 0 aliphatic carbocycles. The highest BCUT2D eigenvalue weighted by Crippen LogP contribution is 2.37. The Balaban J connectivity index is 1.08. The Labute approximate surface area is 247 Å². The van der Waals surface area contributed by atoms with Crippen LogP contribution >= 0.6 is 0 Å². The number of hydrogen-bond donors (Lipinski definition) is 1. The lowest BCUT2D eigenvalue weighted by Gasteiger charge is -2.37. The molecular formula is C30H29FN6O5S. The molecule has 1 aromatic carbocycles. The number of fused-ring (bicyclic) bond motifs is 3. The van der Waals surface area contributed by atoms with Gasteiger partial charge in [-0.25, -0.2) is 22.8 Å². The predicted octanol–water partition coefficient (Wildman–Crippen LogP) is 3.34. The second kappa shape index (κ2) is 11.0. The molecule has 0 atom stereocenters. The van der Waals surface area contributed by atoms with Gasteiger partial charge < -0.3 is 24.6 Å². The van der Waals surface area contributed by atoms with E-state index in [4.69, 9.17) is 14.5 Å². The summed E-state index contributed by atoms with van der Waals surface area (Å²) < 4.78 is 50.3. The smallest absolute Gasteiger partial charge is 0.251 e. The molecule has 3 aliphatic heterocycles. The summed E-state index contributed by atoms with van der Waals surface area (Å²) in [4.78, 5) is 31.0. The van der Waals surface area contributed by atoms with E-state index in [9.17, 15) is 17.6 Å². The van der Waals surface area contributed by atoms with Gasteiger partial charge in [0, 0.05) is 29.8 Å². The zero-order valence-electron chi connectivity index (χ0n) is 23.2. The first-order valence-corrected chi connectivity index (χ1v) is 15.8. The number of anilines is 3. The minimum atomic E-state index is -3.50. The fourth-order valence-corrected chi connectivity index (χ4v) is 6.99. The minimum Gasteiger partial charge on any atom is -0.488 e. The van der Waals surface area contributed by atoms with Crippen LogP contribution in [0.5, 0.6) is 5.75 Å². The van der Waals surface area contributed by atoms with Crippen LogP contribution in [0.15, 0.2) is 59.8 Å². The van der Waals surface area contributed by atoms with E-state index in [0.717, 1.165) is 11.1 Å². The van der Waals surface area contributed by atoms with E-state index >= 15 is 0 Å². The van der Waals surface area contributed by atoms with Gasteiger partial charge in [-0.3, -0.25) is 9.78 Å². The Bertz CT molecular complexity index is 1830. The third-order valence-corrected chi connectivity index (χ3v) is 9.67. The fraction of sp³-hybridized carbons (Fsp3) is 0.333. The van der Waals surface area contributed by atoms with Crippen LogP contribution in [0, 0.1) is 0 Å². The van der Waals surface area contributed by atoms with Crippen LogP contribution in [0.2, 0.25) is 0 Å². The van der Waals surface area contributed by atoms with Crippen molar-refractivity contribution in [2.24, 2.45) is 0 Å². The first-order valence-electron chi connectivity index (χ1n) is 14.1. The summed E-state index contributed by atoms with van der Waals surface area (Å²) in [6, 6.07) is 12.2. The normalized spacial score (nSPS) is 18.1. The molecule has 1 saturated heterocycles. The van der Waals surface area contributed by atoms with Crippen molar-refractivity contribution in [3.05, 3.63) is 71.7 Å². The van der Waals surface area contributed by atoms with Gasteiger partial charge in [-0.1, -0.05) is 6.07 Å². The molecule has 11 nitrogen and oxygen atoms in total. The highest BCUT2D eigenvalue weighted by molar-refractivity contribution is 7.91. The second-order valence-electron chi connectivity index (χ2n) is 10.8. The van der Waals surface area contributed by atoms with E-state index in [2.05, 4.69) is 15.3 Å². The van der Waals surface area contributed by atoms with Gasteiger partial charge in [-0.2, -0.15) is 0 Å². The standard InChI is InChI=1S/C30H29FN6O5S/c31-22-16-36(17-22)24-12-26-29(33-15-24)37(6-8-42-26)28-5-4-20-13-32-23(11-25(20)35-28)14-34-30(38)19-2-3-21-18-41-7-1-9-43(39,40)27(21)10-19/h2-5,10-13,15,22H,1,6-9,14,16-18H2,(H,34,38). The molecule has 0 bridgehead atoms. The van der Waals surface area contributed by atoms with Crippen molar-refractivity contribution in [1.29, 1.82) is 0 Å². The molecular weight excluding hydrogens is 575 g/mol. The van der Waals surface area contributed by atoms with E-state index in [-0.39, 0.29) is 29.4 Å². The number of benzene rings is 1. The van der Waals surface area contributed by atoms with Gasteiger partial charge in [0.1, 0.15) is 18.6 Å². The molecule has 222 valence electrons. The molecule has 3 aromatic heterocycles. The highest BCUT2D eigenvalue weighted by atomic mass is 32.2. The largest absolute Gasteiger partial charge is 0.488 e. The highest BCUT2D eigenvalue weighted by Gasteiger charge is 2.29. The summed E-state index contributed by atoms with van der Waals surface area (Å²) in [6.45, 7) is 2.44. The molecule has 1 amide bonds. The number of carbonyl (C=O) groups is 1. The van der Waals surface area contributed by atoms with Gasteiger partial charge >= 0.3 is 0 Å². The number of nitrogens with one attached hydrogen (secondary N) is 1. The maximum Gasteiger partial charge on any atom is 0.251 e. The lowest BCUT2D eigenvalue weighted by atomic mass is 10.1. The zero-order chi connectivity index (χ0) is 29.6. The number of aromatic nitrogens is 3. The maximum absolute atomic E-state index is 13.3. The quantitative estimate of drug-likeness (QED) is 0.362. The van der Waals surface area contributed by atoms with Gasteiger partial charge in [0.15, 0.2) is 21.4 Å². The van der Waals surface area contributed by atoms with Crippen LogP contribution in [-0.2, 0) is 27.7 Å². The Hall–Kier alpha value is -4.36. The SMILES string of the molecule is O=C(NCc1cc2nc(N3CCOc4cc(N5CC(F)C5)cnc43)ccc2cn1)c1ccc2c(c1)S(=O)(=O)CCCOC2. The number of sulfone groups is 1. The first kappa shape index (κ1) is 27.5. The average Bonchev–Trinajstić information content (AvgIpc) is 3.00. The summed E-state index contributed by atoms with van der Waals surface area (Å²) in [7, 11) is -3.50. The number of carbonyl (C=O) groups excluding carboxylic acids is 1. The number of alkyl halides is 1. The van der Waals surface area contributed by atoms with Crippen LogP contribution in [0.1, 0.15) is 28.0 Å². The molecule has 7 rings (SSSR count). The second-order valence-corrected chi connectivity index (χ2v) is 12.9. The van der Waals surface area contributed by atoms with Crippen molar-refractivity contribution in [3.8, 4) is 5.75 Å². The summed E-state index contributed by atoms with van der Waals surface area (Å²) in [5.41, 5.74) is 2.94. The van der Waals surface area contributed by atoms with E-state index in [1.165, 1.54) is 6.07 Å². The fourth-order valence-electron chi connectivity index (χ4n) is 5.44. The first-order chi connectivity index (χ1) is 20.8. The van der Waals surface area contributed by atoms with Crippen molar-refractivity contribution >= 4 is 44.0 Å². The summed E-state index contributed by atoms with van der Waals surface area (Å²) >= 11 is 0. The maximum atomic E-state index is 13.3. The monoisotopic (exact) mass is 604 g/mol. The lowest BCUT2D eigenvalue weighted by Crippen LogP contribution is -2.48. The molecule has 0 spiro atoms. The molecule has 6 heterocycles. The molecule has 13 heteroatoms. The topological polar surface area (TPSA) is 127 Å². The third-order valence-electron chi connectivity index (χ3n) is 7.79. The van der Waals surface area contributed by atoms with Gasteiger partial charge in [0.05, 0.1) is 66.5 Å². The number of amides is 1. The van der Waals surface area contributed by atoms with Crippen LogP contribution in [-0.4, -0.2) is 74.0 Å². The van der Waals surface area contributed by atoms with Crippen molar-refractivity contribution in [3.63, 3.8) is 0 Å². The van der Waals surface area contributed by atoms with Crippen molar-refractivity contribution in [1.82, 2.24) is 20.3 Å². The van der Waals surface area contributed by atoms with Crippen LogP contribution in [0.3, 0.4) is 0 Å². The molecule has 0 unspecified atom stereocenters. The van der Waals surface area contributed by atoms with Crippen LogP contribution < -0.4 is 19.9 Å². The summed E-state index contributed by atoms with van der Waals surface area (Å²) in [6.07, 6.45) is 3.04. The Morgan fingerprint density at radius 3 is 2.81 bits per heavy atom. The number of ether oxygens (including phenoxy) is 2. The molecule has 1 N–H and O–H groups in total. The number of nitrogens with zero attached hydrogens (tertiary/aromatic N) is 5. The third kappa shape index (κ3) is 5.45. The summed E-state index contributed by atoms with van der Waals surface area (Å²) in [5.74, 6) is 1.54. The molecule has 0 saturated carbocycles. The number of hydrogen-bond acceptors (Lipinski definition) is 10. The molecule has 1 fully saturated rings. The van der Waals surface area contributed by atoms with Gasteiger partial charge in [0.2, 0.25) is 0 Å². The molecule has 43 heavy (non-hydrogen) atoms. The zero-order valence-corrected chi connectivity index (χ0v) is 24.0.